The van der Waals surface area contributed by atoms with Gasteiger partial charge in [-0.2, -0.15) is 0 Å². The Hall–Kier alpha value is -1.76. The summed E-state index contributed by atoms with van der Waals surface area (Å²) in [5.74, 6) is 0.0292. The van der Waals surface area contributed by atoms with E-state index in [1.807, 2.05) is 0 Å². The van der Waals surface area contributed by atoms with Crippen molar-refractivity contribution < 1.29 is 32.2 Å². The summed E-state index contributed by atoms with van der Waals surface area (Å²) in [6.07, 6.45) is 0.286. The molecule has 1 aliphatic carbocycles. The van der Waals surface area contributed by atoms with E-state index < -0.39 is 6.36 Å². The molecule has 1 aromatic rings. The van der Waals surface area contributed by atoms with Gasteiger partial charge in [0.15, 0.2) is 0 Å². The molecule has 4 nitrogen and oxygen atoms in total. The van der Waals surface area contributed by atoms with Crippen LogP contribution in [-0.4, -0.2) is 25.0 Å². The first kappa shape index (κ1) is 17.1. The molecule has 0 bridgehead atoms. The van der Waals surface area contributed by atoms with Gasteiger partial charge in [-0.3, -0.25) is 4.79 Å². The van der Waals surface area contributed by atoms with E-state index in [1.54, 1.807) is 0 Å². The van der Waals surface area contributed by atoms with Gasteiger partial charge in [0.1, 0.15) is 11.5 Å². The third-order valence-corrected chi connectivity index (χ3v) is 4.45. The van der Waals surface area contributed by atoms with Crippen LogP contribution in [0, 0.1) is 11.8 Å². The number of rotatable bonds is 5. The first-order chi connectivity index (χ1) is 11.4. The Morgan fingerprint density at radius 2 is 1.67 bits per heavy atom. The topological polar surface area (TPSA) is 48.1 Å². The van der Waals surface area contributed by atoms with E-state index >= 15 is 0 Å². The van der Waals surface area contributed by atoms with Gasteiger partial charge in [-0.05, 0) is 62.3 Å². The molecule has 24 heavy (non-hydrogen) atoms. The molecule has 0 aromatic heterocycles. The van der Waals surface area contributed by atoms with Gasteiger partial charge in [0.05, 0.1) is 18.6 Å². The highest BCUT2D eigenvalue weighted by molar-refractivity contribution is 5.75. The fraction of sp³-hybridized carbons (Fsp3) is 0.588. The van der Waals surface area contributed by atoms with E-state index in [4.69, 9.17) is 9.47 Å². The number of halogens is 3. The van der Waals surface area contributed by atoms with E-state index in [-0.39, 0.29) is 23.4 Å². The lowest BCUT2D eigenvalue weighted by atomic mass is 9.80. The molecule has 1 saturated heterocycles. The van der Waals surface area contributed by atoms with Crippen molar-refractivity contribution in [1.82, 2.24) is 0 Å². The van der Waals surface area contributed by atoms with Gasteiger partial charge in [-0.15, -0.1) is 13.2 Å². The number of carbonyl (C=O) groups is 1. The zero-order chi connectivity index (χ0) is 17.2. The van der Waals surface area contributed by atoms with Crippen molar-refractivity contribution >= 4 is 5.97 Å². The van der Waals surface area contributed by atoms with Gasteiger partial charge in [0, 0.05) is 0 Å². The lowest BCUT2D eigenvalue weighted by Crippen LogP contribution is -2.26. The minimum atomic E-state index is -4.73. The molecule has 0 amide bonds. The lowest BCUT2D eigenvalue weighted by molar-refractivity contribution is -0.274. The maximum absolute atomic E-state index is 12.2. The molecule has 1 saturated carbocycles. The molecule has 7 heteroatoms. The van der Waals surface area contributed by atoms with Crippen molar-refractivity contribution in [2.75, 3.05) is 6.61 Å². The van der Waals surface area contributed by atoms with E-state index in [0.717, 1.165) is 50.8 Å². The van der Waals surface area contributed by atoms with Crippen LogP contribution in [0.3, 0.4) is 0 Å². The average Bonchev–Trinajstić information content (AvgIpc) is 3.32. The highest BCUT2D eigenvalue weighted by atomic mass is 19.4. The number of ether oxygens (including phenoxy) is 3. The summed E-state index contributed by atoms with van der Waals surface area (Å²) in [5, 5.41) is 0. The number of esters is 1. The smallest absolute Gasteiger partial charge is 0.426 e. The third-order valence-electron chi connectivity index (χ3n) is 4.45. The Balaban J connectivity index is 1.46. The standard InChI is InChI=1S/C17H19F3O4/c18-17(19,20)24-14-7-5-13(6-8-14)23-16(21)12-3-1-11(2-4-12)9-15-10-22-15/h5-8,11-12,15H,1-4,9-10H2. The molecule has 0 radical (unpaired) electrons. The van der Waals surface area contributed by atoms with Crippen molar-refractivity contribution in [2.24, 2.45) is 11.8 Å². The fourth-order valence-corrected chi connectivity index (χ4v) is 3.12. The summed E-state index contributed by atoms with van der Waals surface area (Å²) in [5.41, 5.74) is 0. The maximum Gasteiger partial charge on any atom is 0.573 e. The van der Waals surface area contributed by atoms with Crippen LogP contribution in [0.2, 0.25) is 0 Å². The number of benzene rings is 1. The first-order valence-corrected chi connectivity index (χ1v) is 8.08. The predicted octanol–water partition coefficient (Wildman–Crippen LogP) is 4.09. The predicted molar refractivity (Wildman–Crippen MR) is 78.6 cm³/mol. The van der Waals surface area contributed by atoms with Crippen LogP contribution in [0.25, 0.3) is 0 Å². The van der Waals surface area contributed by atoms with Gasteiger partial charge in [0.25, 0.3) is 0 Å². The zero-order valence-corrected chi connectivity index (χ0v) is 13.1. The quantitative estimate of drug-likeness (QED) is 0.459. The van der Waals surface area contributed by atoms with E-state index in [9.17, 15) is 18.0 Å². The van der Waals surface area contributed by atoms with Gasteiger partial charge in [-0.1, -0.05) is 0 Å². The molecule has 2 aliphatic rings. The van der Waals surface area contributed by atoms with Gasteiger partial charge >= 0.3 is 12.3 Å². The summed E-state index contributed by atoms with van der Waals surface area (Å²) < 4.78 is 50.6. The normalized spacial score (nSPS) is 26.7. The minimum Gasteiger partial charge on any atom is -0.426 e. The molecule has 1 atom stereocenters. The highest BCUT2D eigenvalue weighted by Gasteiger charge is 2.33. The van der Waals surface area contributed by atoms with Crippen LogP contribution in [-0.2, 0) is 9.53 Å². The monoisotopic (exact) mass is 344 g/mol. The molecule has 1 aliphatic heterocycles. The second kappa shape index (κ2) is 7.01. The Morgan fingerprint density at radius 3 is 2.21 bits per heavy atom. The first-order valence-electron chi connectivity index (χ1n) is 8.08. The summed E-state index contributed by atoms with van der Waals surface area (Å²) in [4.78, 5) is 12.2. The van der Waals surface area contributed by atoms with Gasteiger partial charge in [-0.25, -0.2) is 0 Å². The highest BCUT2D eigenvalue weighted by Crippen LogP contribution is 2.35. The molecule has 132 valence electrons. The Bertz CT molecular complexity index is 558. The molecule has 0 N–H and O–H groups in total. The number of hydrogen-bond donors (Lipinski definition) is 0. The molecule has 1 heterocycles. The van der Waals surface area contributed by atoms with Crippen LogP contribution in [0.15, 0.2) is 24.3 Å². The minimum absolute atomic E-state index is 0.146. The van der Waals surface area contributed by atoms with Crippen molar-refractivity contribution in [3.05, 3.63) is 24.3 Å². The molecule has 0 spiro atoms. The summed E-state index contributed by atoms with van der Waals surface area (Å²) in [7, 11) is 0. The van der Waals surface area contributed by atoms with Crippen LogP contribution in [0.4, 0.5) is 13.2 Å². The largest absolute Gasteiger partial charge is 0.573 e. The Morgan fingerprint density at radius 1 is 1.08 bits per heavy atom. The number of alkyl halides is 3. The van der Waals surface area contributed by atoms with Gasteiger partial charge < -0.3 is 14.2 Å². The van der Waals surface area contributed by atoms with Crippen molar-refractivity contribution in [2.45, 2.75) is 44.6 Å². The summed E-state index contributed by atoms with van der Waals surface area (Å²) in [6.45, 7) is 0.857. The molecular weight excluding hydrogens is 325 g/mol. The van der Waals surface area contributed by atoms with Crippen LogP contribution < -0.4 is 9.47 Å². The number of hydrogen-bond acceptors (Lipinski definition) is 4. The Kier molecular flexibility index (Phi) is 4.99. The Labute approximate surface area is 137 Å². The number of epoxide rings is 1. The van der Waals surface area contributed by atoms with Crippen LogP contribution >= 0.6 is 0 Å². The molecule has 1 aromatic carbocycles. The van der Waals surface area contributed by atoms with E-state index in [2.05, 4.69) is 4.74 Å². The van der Waals surface area contributed by atoms with E-state index in [0.29, 0.717) is 12.0 Å². The zero-order valence-electron chi connectivity index (χ0n) is 13.1. The molecule has 3 rings (SSSR count). The summed E-state index contributed by atoms with van der Waals surface area (Å²) in [6, 6.07) is 4.86. The lowest BCUT2D eigenvalue weighted by Gasteiger charge is -2.26. The number of carbonyl (C=O) groups excluding carboxylic acids is 1. The van der Waals surface area contributed by atoms with Crippen molar-refractivity contribution in [1.29, 1.82) is 0 Å². The third kappa shape index (κ3) is 5.12. The second-order valence-corrected chi connectivity index (χ2v) is 6.35. The van der Waals surface area contributed by atoms with Crippen molar-refractivity contribution in [3.8, 4) is 11.5 Å². The second-order valence-electron chi connectivity index (χ2n) is 6.35. The molecular formula is C17H19F3O4. The molecule has 2 fully saturated rings. The summed E-state index contributed by atoms with van der Waals surface area (Å²) >= 11 is 0. The van der Waals surface area contributed by atoms with Crippen molar-refractivity contribution in [3.63, 3.8) is 0 Å². The van der Waals surface area contributed by atoms with E-state index in [1.165, 1.54) is 12.1 Å². The fourth-order valence-electron chi connectivity index (χ4n) is 3.12. The van der Waals surface area contributed by atoms with Crippen LogP contribution in [0.1, 0.15) is 32.1 Å². The van der Waals surface area contributed by atoms with Crippen LogP contribution in [0.5, 0.6) is 11.5 Å². The maximum atomic E-state index is 12.2. The average molecular weight is 344 g/mol. The molecule has 1 unspecified atom stereocenters. The van der Waals surface area contributed by atoms with Gasteiger partial charge in [0.2, 0.25) is 0 Å². The SMILES string of the molecule is O=C(Oc1ccc(OC(F)(F)F)cc1)C1CCC(CC2CO2)CC1.